The van der Waals surface area contributed by atoms with E-state index in [1.54, 1.807) is 16.8 Å². The van der Waals surface area contributed by atoms with Crippen LogP contribution in [0.5, 0.6) is 0 Å². The van der Waals surface area contributed by atoms with Crippen molar-refractivity contribution in [3.05, 3.63) is 83.4 Å². The summed E-state index contributed by atoms with van der Waals surface area (Å²) in [6.45, 7) is 0.467. The number of sulfone groups is 1. The number of hydrogen-bond donors (Lipinski definition) is 1. The summed E-state index contributed by atoms with van der Waals surface area (Å²) >= 11 is 0. The van der Waals surface area contributed by atoms with E-state index in [1.807, 2.05) is 48.5 Å². The molecule has 0 aliphatic rings. The van der Waals surface area contributed by atoms with Crippen molar-refractivity contribution in [3.63, 3.8) is 0 Å². The summed E-state index contributed by atoms with van der Waals surface area (Å²) < 4.78 is 24.7. The van der Waals surface area contributed by atoms with E-state index in [-0.39, 0.29) is 18.0 Å². The molecule has 0 amide bonds. The number of aryl methyl sites for hydroxylation is 1. The molecule has 0 fully saturated rings. The molecule has 3 rings (SSSR count). The lowest BCUT2D eigenvalue weighted by molar-refractivity contribution is 0.209. The Morgan fingerprint density at radius 1 is 1.04 bits per heavy atom. The van der Waals surface area contributed by atoms with Crippen molar-refractivity contribution in [2.45, 2.75) is 19.1 Å². The van der Waals surface area contributed by atoms with Crippen LogP contribution in [0.2, 0.25) is 0 Å². The van der Waals surface area contributed by atoms with Crippen LogP contribution >= 0.6 is 0 Å². The van der Waals surface area contributed by atoms with Crippen molar-refractivity contribution in [2.75, 3.05) is 12.0 Å². The van der Waals surface area contributed by atoms with Crippen LogP contribution in [-0.2, 0) is 22.8 Å². The van der Waals surface area contributed by atoms with Gasteiger partial charge in [-0.1, -0.05) is 60.7 Å². The van der Waals surface area contributed by atoms with E-state index in [0.29, 0.717) is 17.9 Å². The zero-order valence-electron chi connectivity index (χ0n) is 14.5. The Morgan fingerprint density at radius 2 is 1.65 bits per heavy atom. The number of benzene rings is 2. The lowest BCUT2D eigenvalue weighted by atomic mass is 10.1. The van der Waals surface area contributed by atoms with Crippen molar-refractivity contribution in [1.29, 1.82) is 0 Å². The summed E-state index contributed by atoms with van der Waals surface area (Å²) in [5.74, 6) is 0.807. The fraction of sp³-hybridized carbons (Fsp3) is 0.263. The molecular weight excluding hydrogens is 350 g/mol. The van der Waals surface area contributed by atoms with Gasteiger partial charge in [-0.2, -0.15) is 5.10 Å². The van der Waals surface area contributed by atoms with Crippen molar-refractivity contribution >= 4 is 9.84 Å². The van der Waals surface area contributed by atoms with Crippen molar-refractivity contribution < 1.29 is 13.5 Å². The molecule has 7 heteroatoms. The fourth-order valence-corrected chi connectivity index (χ4v) is 3.19. The fourth-order valence-electron chi connectivity index (χ4n) is 2.64. The van der Waals surface area contributed by atoms with E-state index in [1.165, 1.54) is 6.26 Å². The predicted molar refractivity (Wildman–Crippen MR) is 99.5 cm³/mol. The lowest BCUT2D eigenvalue weighted by Crippen LogP contribution is -2.12. The third-order valence-corrected chi connectivity index (χ3v) is 4.94. The molecule has 1 heterocycles. The molecule has 6 nitrogen and oxygen atoms in total. The molecule has 136 valence electrons. The van der Waals surface area contributed by atoms with Gasteiger partial charge in [-0.3, -0.25) is 0 Å². The molecule has 0 aliphatic heterocycles. The Bertz CT molecular complexity index is 954. The molecule has 0 saturated heterocycles. The van der Waals surface area contributed by atoms with Crippen LogP contribution in [0.3, 0.4) is 0 Å². The van der Waals surface area contributed by atoms with Gasteiger partial charge in [0, 0.05) is 12.7 Å². The number of hydrogen-bond acceptors (Lipinski definition) is 5. The quantitative estimate of drug-likeness (QED) is 0.687. The van der Waals surface area contributed by atoms with E-state index >= 15 is 0 Å². The third kappa shape index (κ3) is 4.77. The maximum absolute atomic E-state index is 11.5. The van der Waals surface area contributed by atoms with Crippen molar-refractivity contribution in [2.24, 2.45) is 0 Å². The number of nitrogens with zero attached hydrogens (tertiary/aromatic N) is 3. The van der Waals surface area contributed by atoms with Gasteiger partial charge in [0.25, 0.3) is 0 Å². The predicted octanol–water partition coefficient (Wildman–Crippen LogP) is 2.00. The van der Waals surface area contributed by atoms with Gasteiger partial charge in [0.1, 0.15) is 21.8 Å². The van der Waals surface area contributed by atoms with E-state index < -0.39 is 15.9 Å². The van der Waals surface area contributed by atoms with Crippen LogP contribution in [-0.4, -0.2) is 40.3 Å². The molecule has 0 spiro atoms. The van der Waals surface area contributed by atoms with Gasteiger partial charge in [-0.25, -0.2) is 18.1 Å². The first-order valence-electron chi connectivity index (χ1n) is 8.30. The number of aliphatic hydroxyl groups is 1. The van der Waals surface area contributed by atoms with Gasteiger partial charge in [-0.15, -0.1) is 0 Å². The zero-order valence-corrected chi connectivity index (χ0v) is 15.3. The molecule has 0 saturated carbocycles. The minimum Gasteiger partial charge on any atom is -0.380 e. The Kier molecular flexibility index (Phi) is 5.49. The van der Waals surface area contributed by atoms with Gasteiger partial charge in [0.2, 0.25) is 0 Å². The summed E-state index contributed by atoms with van der Waals surface area (Å²) in [7, 11) is -3.12. The van der Waals surface area contributed by atoms with Crippen LogP contribution in [0.25, 0.3) is 0 Å². The second-order valence-electron chi connectivity index (χ2n) is 6.22. The first-order valence-corrected chi connectivity index (χ1v) is 10.4. The normalized spacial score (nSPS) is 12.8. The summed E-state index contributed by atoms with van der Waals surface area (Å²) in [5, 5.41) is 15.0. The standard InChI is InChI=1S/C19H21N3O3S/c1-26(24,25)13-12-17-20-19(18(23)16-10-6-3-7-11-16)21-22(17)14-15-8-4-2-5-9-15/h2-11,18,23H,12-14H2,1H3. The van der Waals surface area contributed by atoms with Crippen LogP contribution in [0, 0.1) is 0 Å². The van der Waals surface area contributed by atoms with Gasteiger partial charge in [-0.05, 0) is 11.1 Å². The van der Waals surface area contributed by atoms with Crippen LogP contribution in [0.1, 0.15) is 28.9 Å². The van der Waals surface area contributed by atoms with Gasteiger partial charge in [0.05, 0.1) is 12.3 Å². The first-order chi connectivity index (χ1) is 12.4. The largest absolute Gasteiger partial charge is 0.380 e. The van der Waals surface area contributed by atoms with E-state index in [2.05, 4.69) is 10.1 Å². The van der Waals surface area contributed by atoms with E-state index in [4.69, 9.17) is 0 Å². The molecule has 0 aliphatic carbocycles. The van der Waals surface area contributed by atoms with Gasteiger partial charge < -0.3 is 5.11 Å². The minimum atomic E-state index is -3.12. The van der Waals surface area contributed by atoms with Gasteiger partial charge >= 0.3 is 0 Å². The average Bonchev–Trinajstić information content (AvgIpc) is 3.03. The van der Waals surface area contributed by atoms with Crippen LogP contribution < -0.4 is 0 Å². The highest BCUT2D eigenvalue weighted by Gasteiger charge is 2.19. The van der Waals surface area contributed by atoms with E-state index in [9.17, 15) is 13.5 Å². The highest BCUT2D eigenvalue weighted by atomic mass is 32.2. The second-order valence-corrected chi connectivity index (χ2v) is 8.48. The smallest absolute Gasteiger partial charge is 0.183 e. The number of aliphatic hydroxyl groups excluding tert-OH is 1. The van der Waals surface area contributed by atoms with Crippen LogP contribution in [0.15, 0.2) is 60.7 Å². The first kappa shape index (κ1) is 18.3. The van der Waals surface area contributed by atoms with E-state index in [0.717, 1.165) is 5.56 Å². The molecule has 3 aromatic rings. The summed E-state index contributed by atoms with van der Waals surface area (Å²) in [5.41, 5.74) is 1.72. The lowest BCUT2D eigenvalue weighted by Gasteiger charge is -2.06. The molecule has 26 heavy (non-hydrogen) atoms. The molecule has 1 N–H and O–H groups in total. The topological polar surface area (TPSA) is 85.1 Å². The zero-order chi connectivity index (χ0) is 18.6. The third-order valence-electron chi connectivity index (χ3n) is 4.00. The monoisotopic (exact) mass is 371 g/mol. The highest BCUT2D eigenvalue weighted by molar-refractivity contribution is 7.90. The maximum atomic E-state index is 11.5. The highest BCUT2D eigenvalue weighted by Crippen LogP contribution is 2.19. The minimum absolute atomic E-state index is 0.0125. The number of rotatable bonds is 7. The molecule has 0 bridgehead atoms. The molecular formula is C19H21N3O3S. The summed E-state index contributed by atoms with van der Waals surface area (Å²) in [6, 6.07) is 18.9. The average molecular weight is 371 g/mol. The molecule has 1 aromatic heterocycles. The van der Waals surface area contributed by atoms with Crippen LogP contribution in [0.4, 0.5) is 0 Å². The van der Waals surface area contributed by atoms with Crippen molar-refractivity contribution in [1.82, 2.24) is 14.8 Å². The maximum Gasteiger partial charge on any atom is 0.183 e. The molecule has 0 radical (unpaired) electrons. The Balaban J connectivity index is 1.91. The summed E-state index contributed by atoms with van der Waals surface area (Å²) in [4.78, 5) is 4.42. The SMILES string of the molecule is CS(=O)(=O)CCc1nc(C(O)c2ccccc2)nn1Cc1ccccc1. The van der Waals surface area contributed by atoms with Crippen molar-refractivity contribution in [3.8, 4) is 0 Å². The molecule has 1 atom stereocenters. The molecule has 2 aromatic carbocycles. The summed E-state index contributed by atoms with van der Waals surface area (Å²) in [6.07, 6.45) is 0.496. The molecule has 1 unspecified atom stereocenters. The van der Waals surface area contributed by atoms with Gasteiger partial charge in [0.15, 0.2) is 5.82 Å². The second kappa shape index (κ2) is 7.80. The Labute approximate surface area is 153 Å². The number of aromatic nitrogens is 3. The Hall–Kier alpha value is -2.51. The Morgan fingerprint density at radius 3 is 2.27 bits per heavy atom.